The molecule has 0 saturated carbocycles. The van der Waals surface area contributed by atoms with Crippen LogP contribution < -0.4 is 0 Å². The summed E-state index contributed by atoms with van der Waals surface area (Å²) in [7, 11) is 0. The molecule has 9 rings (SSSR count). The molecule has 2 nitrogen and oxygen atoms in total. The molecule has 0 unspecified atom stereocenters. The van der Waals surface area contributed by atoms with Crippen LogP contribution in [0.3, 0.4) is 0 Å². The smallest absolute Gasteiger partial charge is 0.136 e. The van der Waals surface area contributed by atoms with Gasteiger partial charge in [-0.1, -0.05) is 129 Å². The van der Waals surface area contributed by atoms with Gasteiger partial charge in [-0.25, -0.2) is 0 Å². The summed E-state index contributed by atoms with van der Waals surface area (Å²) in [6, 6.07) is 56.3. The minimum Gasteiger partial charge on any atom is -0.456 e. The number of hydrogen-bond donors (Lipinski definition) is 1. The van der Waals surface area contributed by atoms with E-state index < -0.39 is 0 Å². The van der Waals surface area contributed by atoms with Crippen LogP contribution in [0.5, 0.6) is 0 Å². The van der Waals surface area contributed by atoms with E-state index >= 15 is 0 Å². The number of benzene rings is 7. The molecule has 1 N–H and O–H groups in total. The van der Waals surface area contributed by atoms with Gasteiger partial charge in [0.1, 0.15) is 11.2 Å². The second kappa shape index (κ2) is 11.6. The van der Waals surface area contributed by atoms with Crippen LogP contribution in [0.4, 0.5) is 0 Å². The van der Waals surface area contributed by atoms with Crippen LogP contribution in [0.2, 0.25) is 0 Å². The first-order valence-corrected chi connectivity index (χ1v) is 16.0. The summed E-state index contributed by atoms with van der Waals surface area (Å²) in [6.45, 7) is 4.00. The minimum atomic E-state index is 0.915. The Kier molecular flexibility index (Phi) is 6.96. The van der Waals surface area contributed by atoms with Gasteiger partial charge in [0, 0.05) is 32.6 Å². The standard InChI is InChI=1S/C42H27NO.C2H6/c1-2-9-27(10-3-1)31-20-22-39-38(25-31)37-17-8-16-34(42(37)43-39)33-14-7-13-30(24-33)28-11-6-12-29(23-28)32-19-21-36-35-15-4-5-18-40(35)44-41(36)26-32;1-2/h1-26,43H;1-2H3. The molecule has 0 saturated heterocycles. The Hall–Kier alpha value is -5.86. The molecule has 0 amide bonds. The average molecular weight is 592 g/mol. The van der Waals surface area contributed by atoms with Crippen molar-refractivity contribution in [3.05, 3.63) is 158 Å². The van der Waals surface area contributed by atoms with Gasteiger partial charge in [0.15, 0.2) is 0 Å². The maximum absolute atomic E-state index is 6.18. The summed E-state index contributed by atoms with van der Waals surface area (Å²) < 4.78 is 6.18. The Balaban J connectivity index is 0.00000153. The topological polar surface area (TPSA) is 28.9 Å². The Morgan fingerprint density at radius 3 is 1.74 bits per heavy atom. The van der Waals surface area contributed by atoms with Gasteiger partial charge in [-0.15, -0.1) is 0 Å². The van der Waals surface area contributed by atoms with E-state index in [0.29, 0.717) is 0 Å². The van der Waals surface area contributed by atoms with Crippen LogP contribution >= 0.6 is 0 Å². The van der Waals surface area contributed by atoms with Crippen molar-refractivity contribution in [2.24, 2.45) is 0 Å². The third-order valence-electron chi connectivity index (χ3n) is 8.82. The van der Waals surface area contributed by atoms with Gasteiger partial charge in [-0.3, -0.25) is 0 Å². The summed E-state index contributed by atoms with van der Waals surface area (Å²) >= 11 is 0. The Morgan fingerprint density at radius 2 is 0.935 bits per heavy atom. The number of hydrogen-bond acceptors (Lipinski definition) is 1. The third kappa shape index (κ3) is 4.76. The van der Waals surface area contributed by atoms with Crippen molar-refractivity contribution in [2.75, 3.05) is 0 Å². The number of H-pyrrole nitrogens is 1. The van der Waals surface area contributed by atoms with E-state index in [0.717, 1.165) is 38.5 Å². The van der Waals surface area contributed by atoms with Crippen molar-refractivity contribution in [3.63, 3.8) is 0 Å². The SMILES string of the molecule is CC.c1ccc(-c2ccc3[nH]c4c(-c5cccc(-c6cccc(-c7ccc8c(c7)oc7ccccc78)c6)c5)cccc4c3c2)cc1. The molecule has 9 aromatic rings. The first kappa shape index (κ1) is 27.7. The van der Waals surface area contributed by atoms with E-state index in [1.54, 1.807) is 0 Å². The average Bonchev–Trinajstić information content (AvgIpc) is 3.70. The molecule has 46 heavy (non-hydrogen) atoms. The summed E-state index contributed by atoms with van der Waals surface area (Å²) in [5.74, 6) is 0. The third-order valence-corrected chi connectivity index (χ3v) is 8.82. The zero-order valence-corrected chi connectivity index (χ0v) is 25.9. The van der Waals surface area contributed by atoms with E-state index in [4.69, 9.17) is 4.42 Å². The van der Waals surface area contributed by atoms with E-state index in [1.165, 1.54) is 49.7 Å². The summed E-state index contributed by atoms with van der Waals surface area (Å²) in [4.78, 5) is 3.73. The monoisotopic (exact) mass is 591 g/mol. The Labute approximate surface area is 268 Å². The summed E-state index contributed by atoms with van der Waals surface area (Å²) in [5, 5.41) is 4.79. The molecule has 0 fully saturated rings. The molecule has 0 radical (unpaired) electrons. The normalized spacial score (nSPS) is 11.3. The quantitative estimate of drug-likeness (QED) is 0.217. The van der Waals surface area contributed by atoms with Crippen molar-refractivity contribution in [1.82, 2.24) is 4.98 Å². The largest absolute Gasteiger partial charge is 0.456 e. The predicted octanol–water partition coefficient (Wildman–Crippen LogP) is 12.9. The van der Waals surface area contributed by atoms with Gasteiger partial charge in [0.25, 0.3) is 0 Å². The van der Waals surface area contributed by atoms with Crippen LogP contribution in [-0.4, -0.2) is 4.98 Å². The van der Waals surface area contributed by atoms with Crippen molar-refractivity contribution in [2.45, 2.75) is 13.8 Å². The fourth-order valence-corrected chi connectivity index (χ4v) is 6.62. The highest BCUT2D eigenvalue weighted by Gasteiger charge is 2.13. The van der Waals surface area contributed by atoms with Gasteiger partial charge >= 0.3 is 0 Å². The lowest BCUT2D eigenvalue weighted by molar-refractivity contribution is 0.669. The number of nitrogens with one attached hydrogen (secondary N) is 1. The number of para-hydroxylation sites is 2. The number of aromatic amines is 1. The molecule has 7 aromatic carbocycles. The van der Waals surface area contributed by atoms with Crippen molar-refractivity contribution >= 4 is 43.7 Å². The lowest BCUT2D eigenvalue weighted by atomic mass is 9.95. The van der Waals surface area contributed by atoms with Crippen LogP contribution in [0.15, 0.2) is 162 Å². The van der Waals surface area contributed by atoms with Crippen LogP contribution in [0.25, 0.3) is 88.3 Å². The zero-order chi connectivity index (χ0) is 31.0. The number of aromatic nitrogens is 1. The molecule has 0 bridgehead atoms. The fourth-order valence-electron chi connectivity index (χ4n) is 6.62. The van der Waals surface area contributed by atoms with Gasteiger partial charge < -0.3 is 9.40 Å². The second-order valence-electron chi connectivity index (χ2n) is 11.5. The lowest BCUT2D eigenvalue weighted by Gasteiger charge is -2.09. The first-order valence-electron chi connectivity index (χ1n) is 16.0. The predicted molar refractivity (Wildman–Crippen MR) is 196 cm³/mol. The highest BCUT2D eigenvalue weighted by molar-refractivity contribution is 6.13. The lowest BCUT2D eigenvalue weighted by Crippen LogP contribution is -1.84. The number of fused-ring (bicyclic) bond motifs is 6. The van der Waals surface area contributed by atoms with Gasteiger partial charge in [-0.2, -0.15) is 0 Å². The molecular weight excluding hydrogens is 558 g/mol. The van der Waals surface area contributed by atoms with E-state index in [1.807, 2.05) is 26.0 Å². The van der Waals surface area contributed by atoms with Crippen LogP contribution in [0.1, 0.15) is 13.8 Å². The second-order valence-corrected chi connectivity index (χ2v) is 11.5. The van der Waals surface area contributed by atoms with Gasteiger partial charge in [-0.05, 0) is 81.4 Å². The van der Waals surface area contributed by atoms with Gasteiger partial charge in [0.2, 0.25) is 0 Å². The number of rotatable bonds is 4. The molecule has 220 valence electrons. The van der Waals surface area contributed by atoms with Crippen molar-refractivity contribution in [1.29, 1.82) is 0 Å². The van der Waals surface area contributed by atoms with E-state index in [2.05, 4.69) is 151 Å². The highest BCUT2D eigenvalue weighted by atomic mass is 16.3. The Morgan fingerprint density at radius 1 is 0.370 bits per heavy atom. The molecule has 2 heteroatoms. The minimum absolute atomic E-state index is 0.915. The van der Waals surface area contributed by atoms with E-state index in [-0.39, 0.29) is 0 Å². The van der Waals surface area contributed by atoms with Gasteiger partial charge in [0.05, 0.1) is 5.52 Å². The molecule has 0 aliphatic carbocycles. The molecule has 0 atom stereocenters. The molecule has 2 heterocycles. The van der Waals surface area contributed by atoms with E-state index in [9.17, 15) is 0 Å². The van der Waals surface area contributed by atoms with Crippen molar-refractivity contribution < 1.29 is 4.42 Å². The summed E-state index contributed by atoms with van der Waals surface area (Å²) in [5.41, 5.74) is 13.7. The molecule has 0 aliphatic rings. The maximum atomic E-state index is 6.18. The van der Waals surface area contributed by atoms with Crippen LogP contribution in [0, 0.1) is 0 Å². The van der Waals surface area contributed by atoms with Crippen molar-refractivity contribution in [3.8, 4) is 44.5 Å². The molecule has 0 spiro atoms. The molecule has 2 aromatic heterocycles. The fraction of sp³-hybridized carbons (Fsp3) is 0.0455. The summed E-state index contributed by atoms with van der Waals surface area (Å²) in [6.07, 6.45) is 0. The highest BCUT2D eigenvalue weighted by Crippen LogP contribution is 2.37. The zero-order valence-electron chi connectivity index (χ0n) is 25.9. The Bertz CT molecular complexity index is 2500. The molecule has 0 aliphatic heterocycles. The maximum Gasteiger partial charge on any atom is 0.136 e. The number of furan rings is 1. The first-order chi connectivity index (χ1) is 22.8. The van der Waals surface area contributed by atoms with Crippen LogP contribution in [-0.2, 0) is 0 Å². The molecular formula is C44H33NO.